The van der Waals surface area contributed by atoms with Gasteiger partial charge in [-0.3, -0.25) is 9.69 Å². The zero-order chi connectivity index (χ0) is 10.3. The van der Waals surface area contributed by atoms with Crippen molar-refractivity contribution in [3.63, 3.8) is 0 Å². The van der Waals surface area contributed by atoms with E-state index in [0.29, 0.717) is 5.91 Å². The van der Waals surface area contributed by atoms with E-state index in [0.717, 1.165) is 26.1 Å². The van der Waals surface area contributed by atoms with Gasteiger partial charge in [-0.05, 0) is 40.2 Å². The van der Waals surface area contributed by atoms with Crippen LogP contribution in [0.3, 0.4) is 0 Å². The van der Waals surface area contributed by atoms with Crippen molar-refractivity contribution in [2.75, 3.05) is 19.6 Å². The van der Waals surface area contributed by atoms with E-state index in [1.54, 1.807) is 0 Å². The van der Waals surface area contributed by atoms with Crippen molar-refractivity contribution in [1.29, 1.82) is 0 Å². The minimum atomic E-state index is -0.00817. The van der Waals surface area contributed by atoms with Gasteiger partial charge in [-0.1, -0.05) is 0 Å². The first kappa shape index (κ1) is 9.97. The fourth-order valence-corrected chi connectivity index (χ4v) is 2.56. The Hall–Kier alpha value is -0.570. The van der Waals surface area contributed by atoms with E-state index in [1.165, 1.54) is 6.42 Å². The molecule has 80 valence electrons. The van der Waals surface area contributed by atoms with Crippen LogP contribution < -0.4 is 0 Å². The summed E-state index contributed by atoms with van der Waals surface area (Å²) in [4.78, 5) is 16.5. The minimum Gasteiger partial charge on any atom is -0.335 e. The Balaban J connectivity index is 2.13. The lowest BCUT2D eigenvalue weighted by Crippen LogP contribution is -2.59. The lowest BCUT2D eigenvalue weighted by Gasteiger charge is -2.44. The lowest BCUT2D eigenvalue weighted by molar-refractivity contribution is -0.145. The van der Waals surface area contributed by atoms with Gasteiger partial charge in [0.1, 0.15) is 0 Å². The number of carbonyl (C=O) groups excluding carboxylic acids is 1. The highest BCUT2D eigenvalue weighted by atomic mass is 16.2. The van der Waals surface area contributed by atoms with Crippen LogP contribution in [0.4, 0.5) is 0 Å². The van der Waals surface area contributed by atoms with Crippen molar-refractivity contribution in [2.45, 2.75) is 45.2 Å². The number of hydrogen-bond donors (Lipinski definition) is 0. The van der Waals surface area contributed by atoms with Crippen LogP contribution in [-0.4, -0.2) is 46.9 Å². The van der Waals surface area contributed by atoms with E-state index in [1.807, 2.05) is 4.90 Å². The molecule has 0 aromatic rings. The molecular formula is C11H20N2O. The van der Waals surface area contributed by atoms with Crippen LogP contribution in [0.2, 0.25) is 0 Å². The van der Waals surface area contributed by atoms with Crippen molar-refractivity contribution in [2.24, 2.45) is 0 Å². The Morgan fingerprint density at radius 2 is 1.93 bits per heavy atom. The largest absolute Gasteiger partial charge is 0.335 e. The van der Waals surface area contributed by atoms with Crippen LogP contribution in [0, 0.1) is 0 Å². The molecule has 2 aliphatic heterocycles. The average molecular weight is 196 g/mol. The van der Waals surface area contributed by atoms with E-state index in [4.69, 9.17) is 0 Å². The number of nitrogens with zero attached hydrogens (tertiary/aromatic N) is 2. The Bertz CT molecular complexity index is 244. The van der Waals surface area contributed by atoms with Crippen molar-refractivity contribution >= 4 is 5.91 Å². The predicted molar refractivity (Wildman–Crippen MR) is 56.1 cm³/mol. The maximum Gasteiger partial charge on any atom is 0.240 e. The van der Waals surface area contributed by atoms with Crippen LogP contribution in [0.15, 0.2) is 0 Å². The standard InChI is InChI=1S/C11H20N2O/c1-11(2,3)13-8-7-12-6-4-5-9(12)10(13)14/h9H,4-8H2,1-3H3. The first-order valence-corrected chi connectivity index (χ1v) is 5.56. The molecule has 0 aliphatic carbocycles. The van der Waals surface area contributed by atoms with Gasteiger partial charge in [0.15, 0.2) is 0 Å². The molecule has 0 bridgehead atoms. The Labute approximate surface area is 86.1 Å². The quantitative estimate of drug-likeness (QED) is 0.579. The summed E-state index contributed by atoms with van der Waals surface area (Å²) in [6.07, 6.45) is 2.25. The molecule has 1 amide bonds. The predicted octanol–water partition coefficient (Wildman–Crippen LogP) is 1.09. The summed E-state index contributed by atoms with van der Waals surface area (Å²) in [5, 5.41) is 0. The van der Waals surface area contributed by atoms with Gasteiger partial charge in [0.05, 0.1) is 6.04 Å². The van der Waals surface area contributed by atoms with Crippen LogP contribution in [0.1, 0.15) is 33.6 Å². The van der Waals surface area contributed by atoms with Gasteiger partial charge < -0.3 is 4.90 Å². The van der Waals surface area contributed by atoms with Gasteiger partial charge in [0.25, 0.3) is 0 Å². The highest BCUT2D eigenvalue weighted by Crippen LogP contribution is 2.26. The molecule has 0 aromatic heterocycles. The molecule has 0 N–H and O–H groups in total. The Morgan fingerprint density at radius 3 is 2.57 bits per heavy atom. The molecule has 1 atom stereocenters. The van der Waals surface area contributed by atoms with Gasteiger partial charge in [-0.25, -0.2) is 0 Å². The summed E-state index contributed by atoms with van der Waals surface area (Å²) in [7, 11) is 0. The number of amides is 1. The molecule has 1 unspecified atom stereocenters. The summed E-state index contributed by atoms with van der Waals surface area (Å²) in [5.41, 5.74) is -0.00817. The van der Waals surface area contributed by atoms with Gasteiger partial charge in [-0.15, -0.1) is 0 Å². The molecule has 0 radical (unpaired) electrons. The fraction of sp³-hybridized carbons (Fsp3) is 0.909. The van der Waals surface area contributed by atoms with E-state index in [2.05, 4.69) is 25.7 Å². The summed E-state index contributed by atoms with van der Waals surface area (Å²) < 4.78 is 0. The molecule has 2 rings (SSSR count). The molecule has 2 heterocycles. The third-order valence-electron chi connectivity index (χ3n) is 3.34. The molecule has 2 saturated heterocycles. The van der Waals surface area contributed by atoms with E-state index in [-0.39, 0.29) is 11.6 Å². The van der Waals surface area contributed by atoms with Crippen molar-refractivity contribution in [1.82, 2.24) is 9.80 Å². The van der Waals surface area contributed by atoms with Gasteiger partial charge >= 0.3 is 0 Å². The van der Waals surface area contributed by atoms with Gasteiger partial charge in [0.2, 0.25) is 5.91 Å². The van der Waals surface area contributed by atoms with Crippen molar-refractivity contribution < 1.29 is 4.79 Å². The lowest BCUT2D eigenvalue weighted by atomic mass is 10.0. The highest BCUT2D eigenvalue weighted by Gasteiger charge is 2.40. The summed E-state index contributed by atoms with van der Waals surface area (Å²) in [6.45, 7) is 9.45. The summed E-state index contributed by atoms with van der Waals surface area (Å²) >= 11 is 0. The van der Waals surface area contributed by atoms with Crippen LogP contribution >= 0.6 is 0 Å². The number of rotatable bonds is 0. The molecule has 3 nitrogen and oxygen atoms in total. The number of piperazine rings is 1. The van der Waals surface area contributed by atoms with Crippen LogP contribution in [-0.2, 0) is 4.79 Å². The van der Waals surface area contributed by atoms with Crippen LogP contribution in [0.5, 0.6) is 0 Å². The number of fused-ring (bicyclic) bond motifs is 1. The Kier molecular flexibility index (Phi) is 2.30. The smallest absolute Gasteiger partial charge is 0.240 e. The average Bonchev–Trinajstić information content (AvgIpc) is 2.50. The second-order valence-electron chi connectivity index (χ2n) is 5.35. The van der Waals surface area contributed by atoms with Crippen LogP contribution in [0.25, 0.3) is 0 Å². The molecule has 0 aromatic carbocycles. The topological polar surface area (TPSA) is 23.6 Å². The third-order valence-corrected chi connectivity index (χ3v) is 3.34. The van der Waals surface area contributed by atoms with Crippen molar-refractivity contribution in [3.8, 4) is 0 Å². The fourth-order valence-electron chi connectivity index (χ4n) is 2.56. The number of hydrogen-bond acceptors (Lipinski definition) is 2. The van der Waals surface area contributed by atoms with Gasteiger partial charge in [0, 0.05) is 18.6 Å². The second kappa shape index (κ2) is 3.23. The molecule has 2 aliphatic rings. The third kappa shape index (κ3) is 1.54. The zero-order valence-corrected chi connectivity index (χ0v) is 9.42. The highest BCUT2D eigenvalue weighted by molar-refractivity contribution is 5.83. The van der Waals surface area contributed by atoms with E-state index >= 15 is 0 Å². The maximum absolute atomic E-state index is 12.1. The molecular weight excluding hydrogens is 176 g/mol. The minimum absolute atomic E-state index is 0.00817. The molecule has 14 heavy (non-hydrogen) atoms. The van der Waals surface area contributed by atoms with E-state index < -0.39 is 0 Å². The zero-order valence-electron chi connectivity index (χ0n) is 9.42. The first-order chi connectivity index (χ1) is 6.50. The second-order valence-corrected chi connectivity index (χ2v) is 5.35. The monoisotopic (exact) mass is 196 g/mol. The SMILES string of the molecule is CC(C)(C)N1CCN2CCCC2C1=O. The van der Waals surface area contributed by atoms with Gasteiger partial charge in [-0.2, -0.15) is 0 Å². The summed E-state index contributed by atoms with van der Waals surface area (Å²) in [6, 6.07) is 0.197. The molecule has 2 fully saturated rings. The molecule has 3 heteroatoms. The van der Waals surface area contributed by atoms with E-state index in [9.17, 15) is 4.79 Å². The first-order valence-electron chi connectivity index (χ1n) is 5.56. The Morgan fingerprint density at radius 1 is 1.21 bits per heavy atom. The molecule has 0 spiro atoms. The normalized spacial score (nSPS) is 29.5. The number of carbonyl (C=O) groups is 1. The summed E-state index contributed by atoms with van der Waals surface area (Å²) in [5.74, 6) is 0.348. The maximum atomic E-state index is 12.1. The van der Waals surface area contributed by atoms with Crippen molar-refractivity contribution in [3.05, 3.63) is 0 Å². The molecule has 0 saturated carbocycles.